The highest BCUT2D eigenvalue weighted by atomic mass is 16.5. The molecule has 0 spiro atoms. The highest BCUT2D eigenvalue weighted by Gasteiger charge is 2.36. The minimum Gasteiger partial charge on any atom is -0.496 e. The third kappa shape index (κ3) is 4.11. The van der Waals surface area contributed by atoms with Crippen molar-refractivity contribution in [1.29, 1.82) is 0 Å². The Kier molecular flexibility index (Phi) is 6.49. The molecule has 4 heteroatoms. The van der Waals surface area contributed by atoms with Gasteiger partial charge in [-0.1, -0.05) is 33.8 Å². The third-order valence-electron chi connectivity index (χ3n) is 3.61. The Balaban J connectivity index is 3.40. The van der Waals surface area contributed by atoms with Gasteiger partial charge >= 0.3 is 0 Å². The van der Waals surface area contributed by atoms with E-state index in [1.54, 1.807) is 21.3 Å². The SMILES string of the molecule is CCNC(c1c(OC)cccc1OC)C(OC)C(C)(C)C. The number of likely N-dealkylation sites (N-methyl/N-ethyl adjacent to an activating group) is 1. The first kappa shape index (κ1) is 17.8. The van der Waals surface area contributed by atoms with Crippen LogP contribution < -0.4 is 14.8 Å². The van der Waals surface area contributed by atoms with E-state index in [2.05, 4.69) is 33.0 Å². The number of rotatable bonds is 7. The summed E-state index contributed by atoms with van der Waals surface area (Å²) in [5.74, 6) is 1.62. The van der Waals surface area contributed by atoms with E-state index in [1.807, 2.05) is 18.2 Å². The fourth-order valence-corrected chi connectivity index (χ4v) is 2.76. The van der Waals surface area contributed by atoms with E-state index >= 15 is 0 Å². The van der Waals surface area contributed by atoms with Gasteiger partial charge in [-0.2, -0.15) is 0 Å². The van der Waals surface area contributed by atoms with Crippen molar-refractivity contribution in [2.75, 3.05) is 27.9 Å². The molecule has 2 atom stereocenters. The lowest BCUT2D eigenvalue weighted by Gasteiger charge is -2.37. The Bertz CT molecular complexity index is 418. The monoisotopic (exact) mass is 295 g/mol. The Hall–Kier alpha value is -1.26. The predicted molar refractivity (Wildman–Crippen MR) is 86.2 cm³/mol. The van der Waals surface area contributed by atoms with Crippen LogP contribution in [0.4, 0.5) is 0 Å². The van der Waals surface area contributed by atoms with E-state index < -0.39 is 0 Å². The second kappa shape index (κ2) is 7.66. The molecular formula is C17H29NO3. The smallest absolute Gasteiger partial charge is 0.127 e. The molecule has 0 aliphatic carbocycles. The normalized spacial score (nSPS) is 14.6. The quantitative estimate of drug-likeness (QED) is 0.836. The number of ether oxygens (including phenoxy) is 3. The van der Waals surface area contributed by atoms with Gasteiger partial charge in [0.05, 0.1) is 31.9 Å². The predicted octanol–water partition coefficient (Wildman–Crippen LogP) is 3.42. The van der Waals surface area contributed by atoms with Gasteiger partial charge in [0, 0.05) is 7.11 Å². The van der Waals surface area contributed by atoms with Crippen molar-refractivity contribution in [3.05, 3.63) is 23.8 Å². The molecule has 0 aliphatic heterocycles. The molecule has 2 unspecified atom stereocenters. The molecule has 0 saturated heterocycles. The second-order valence-electron chi connectivity index (χ2n) is 6.13. The first-order valence-electron chi connectivity index (χ1n) is 7.37. The summed E-state index contributed by atoms with van der Waals surface area (Å²) in [6.07, 6.45) is -0.0114. The lowest BCUT2D eigenvalue weighted by molar-refractivity contribution is -0.0125. The van der Waals surface area contributed by atoms with Crippen LogP contribution in [0.25, 0.3) is 0 Å². The highest BCUT2D eigenvalue weighted by molar-refractivity contribution is 5.47. The standard InChI is InChI=1S/C17H29NO3/c1-8-18-15(16(21-7)17(2,3)4)14-12(19-5)10-9-11-13(14)20-6/h9-11,15-16,18H,8H2,1-7H3. The van der Waals surface area contributed by atoms with Crippen LogP contribution in [0.5, 0.6) is 11.5 Å². The summed E-state index contributed by atoms with van der Waals surface area (Å²) in [4.78, 5) is 0. The summed E-state index contributed by atoms with van der Waals surface area (Å²) in [5, 5.41) is 3.52. The molecule has 0 fully saturated rings. The molecule has 0 heterocycles. The Labute approximate surface area is 128 Å². The average molecular weight is 295 g/mol. The van der Waals surface area contributed by atoms with Crippen molar-refractivity contribution in [3.8, 4) is 11.5 Å². The van der Waals surface area contributed by atoms with Crippen LogP contribution in [0, 0.1) is 5.41 Å². The summed E-state index contributed by atoms with van der Waals surface area (Å²) in [6, 6.07) is 5.84. The Morgan fingerprint density at radius 3 is 1.90 bits per heavy atom. The Morgan fingerprint density at radius 2 is 1.57 bits per heavy atom. The molecule has 4 nitrogen and oxygen atoms in total. The summed E-state index contributed by atoms with van der Waals surface area (Å²) < 4.78 is 16.9. The summed E-state index contributed by atoms with van der Waals surface area (Å²) in [7, 11) is 5.11. The van der Waals surface area contributed by atoms with Crippen LogP contribution in [0.3, 0.4) is 0 Å². The van der Waals surface area contributed by atoms with E-state index in [-0.39, 0.29) is 17.6 Å². The van der Waals surface area contributed by atoms with Gasteiger partial charge in [-0.25, -0.2) is 0 Å². The largest absolute Gasteiger partial charge is 0.496 e. The van der Waals surface area contributed by atoms with Gasteiger partial charge in [-0.3, -0.25) is 0 Å². The number of nitrogens with one attached hydrogen (secondary N) is 1. The molecule has 1 N–H and O–H groups in total. The molecule has 1 rings (SSSR count). The lowest BCUT2D eigenvalue weighted by atomic mass is 9.81. The zero-order valence-electron chi connectivity index (χ0n) is 14.3. The first-order chi connectivity index (χ1) is 9.90. The van der Waals surface area contributed by atoms with Crippen LogP contribution in [0.2, 0.25) is 0 Å². The second-order valence-corrected chi connectivity index (χ2v) is 6.13. The van der Waals surface area contributed by atoms with E-state index in [4.69, 9.17) is 14.2 Å². The van der Waals surface area contributed by atoms with Gasteiger partial charge < -0.3 is 19.5 Å². The average Bonchev–Trinajstić information content (AvgIpc) is 2.44. The summed E-state index contributed by atoms with van der Waals surface area (Å²) >= 11 is 0. The molecule has 0 radical (unpaired) electrons. The van der Waals surface area contributed by atoms with Crippen molar-refractivity contribution >= 4 is 0 Å². The molecule has 0 bridgehead atoms. The summed E-state index contributed by atoms with van der Waals surface area (Å²) in [6.45, 7) is 9.44. The molecule has 0 saturated carbocycles. The van der Waals surface area contributed by atoms with Crippen molar-refractivity contribution in [2.24, 2.45) is 5.41 Å². The van der Waals surface area contributed by atoms with Crippen LogP contribution >= 0.6 is 0 Å². The molecule has 1 aromatic carbocycles. The highest BCUT2D eigenvalue weighted by Crippen LogP contribution is 2.40. The van der Waals surface area contributed by atoms with Gasteiger partial charge in [0.1, 0.15) is 11.5 Å². The maximum absolute atomic E-state index is 5.81. The zero-order chi connectivity index (χ0) is 16.0. The van der Waals surface area contributed by atoms with Crippen LogP contribution in [0.1, 0.15) is 39.3 Å². The molecule has 21 heavy (non-hydrogen) atoms. The lowest BCUT2D eigenvalue weighted by Crippen LogP contribution is -2.41. The van der Waals surface area contributed by atoms with Gasteiger partial charge in [0.15, 0.2) is 0 Å². The summed E-state index contributed by atoms with van der Waals surface area (Å²) in [5.41, 5.74) is 0.985. The number of hydrogen-bond donors (Lipinski definition) is 1. The Morgan fingerprint density at radius 1 is 1.05 bits per heavy atom. The van der Waals surface area contributed by atoms with Crippen molar-refractivity contribution in [1.82, 2.24) is 5.32 Å². The topological polar surface area (TPSA) is 39.7 Å². The first-order valence-corrected chi connectivity index (χ1v) is 7.37. The molecule has 0 amide bonds. The fraction of sp³-hybridized carbons (Fsp3) is 0.647. The van der Waals surface area contributed by atoms with Gasteiger partial charge in [0.25, 0.3) is 0 Å². The van der Waals surface area contributed by atoms with Crippen molar-refractivity contribution in [2.45, 2.75) is 39.8 Å². The van der Waals surface area contributed by atoms with Crippen LogP contribution in [0.15, 0.2) is 18.2 Å². The van der Waals surface area contributed by atoms with E-state index in [9.17, 15) is 0 Å². The molecule has 1 aromatic rings. The maximum Gasteiger partial charge on any atom is 0.127 e. The van der Waals surface area contributed by atoms with Crippen LogP contribution in [-0.4, -0.2) is 34.0 Å². The minimum absolute atomic E-state index is 0.00824. The van der Waals surface area contributed by atoms with Crippen molar-refractivity contribution in [3.63, 3.8) is 0 Å². The van der Waals surface area contributed by atoms with Crippen molar-refractivity contribution < 1.29 is 14.2 Å². The molecule has 0 aromatic heterocycles. The van der Waals surface area contributed by atoms with Crippen LogP contribution in [-0.2, 0) is 4.74 Å². The molecular weight excluding hydrogens is 266 g/mol. The van der Waals surface area contributed by atoms with E-state index in [0.29, 0.717) is 0 Å². The maximum atomic E-state index is 5.81. The molecule has 120 valence electrons. The zero-order valence-corrected chi connectivity index (χ0v) is 14.3. The minimum atomic E-state index is -0.0204. The van der Waals surface area contributed by atoms with E-state index in [0.717, 1.165) is 23.6 Å². The number of benzene rings is 1. The van der Waals surface area contributed by atoms with E-state index in [1.165, 1.54) is 0 Å². The van der Waals surface area contributed by atoms with Gasteiger partial charge in [-0.05, 0) is 24.1 Å². The van der Waals surface area contributed by atoms with Gasteiger partial charge in [-0.15, -0.1) is 0 Å². The fourth-order valence-electron chi connectivity index (χ4n) is 2.76. The van der Waals surface area contributed by atoms with Gasteiger partial charge in [0.2, 0.25) is 0 Å². The third-order valence-corrected chi connectivity index (χ3v) is 3.61. The number of methoxy groups -OCH3 is 3. The molecule has 0 aliphatic rings. The number of hydrogen-bond acceptors (Lipinski definition) is 4.